The lowest BCUT2D eigenvalue weighted by molar-refractivity contribution is 0.0788. The second-order valence-corrected chi connectivity index (χ2v) is 7.30. The molecule has 0 unspecified atom stereocenters. The van der Waals surface area contributed by atoms with E-state index in [1.54, 1.807) is 42.7 Å². The molecule has 9 nitrogen and oxygen atoms in total. The summed E-state index contributed by atoms with van der Waals surface area (Å²) in [5, 5.41) is 8.26. The standard InChI is InChI=1S/C21H19N7O2/c1-27-11-16(10-24-27)21(29)28-12-17(15-3-2-6-23-9-15)18(13-28)20-25-19(26-30-20)14-4-7-22-8-5-14/h2-11,17-18H,12-13H2,1H3/t17-,18+/m0/s1. The minimum atomic E-state index is -0.127. The van der Waals surface area contributed by atoms with E-state index in [-0.39, 0.29) is 17.7 Å². The smallest absolute Gasteiger partial charge is 0.257 e. The Labute approximate surface area is 172 Å². The number of amides is 1. The Morgan fingerprint density at radius 1 is 1.07 bits per heavy atom. The largest absolute Gasteiger partial charge is 0.339 e. The molecule has 1 aliphatic heterocycles. The number of rotatable bonds is 4. The predicted molar refractivity (Wildman–Crippen MR) is 106 cm³/mol. The van der Waals surface area contributed by atoms with Gasteiger partial charge in [0.25, 0.3) is 5.91 Å². The molecule has 0 N–H and O–H groups in total. The van der Waals surface area contributed by atoms with Crippen molar-refractivity contribution in [2.75, 3.05) is 13.1 Å². The Kier molecular flexibility index (Phi) is 4.55. The van der Waals surface area contributed by atoms with Crippen LogP contribution >= 0.6 is 0 Å². The normalized spacial score (nSPS) is 18.6. The van der Waals surface area contributed by atoms with Crippen LogP contribution in [0.1, 0.15) is 33.6 Å². The van der Waals surface area contributed by atoms with Crippen LogP contribution in [0.5, 0.6) is 0 Å². The first-order valence-corrected chi connectivity index (χ1v) is 9.61. The van der Waals surface area contributed by atoms with Crippen molar-refractivity contribution in [2.24, 2.45) is 7.05 Å². The Hall–Kier alpha value is -3.88. The lowest BCUT2D eigenvalue weighted by atomic mass is 9.90. The third-order valence-electron chi connectivity index (χ3n) is 5.37. The Morgan fingerprint density at radius 3 is 2.63 bits per heavy atom. The predicted octanol–water partition coefficient (Wildman–Crippen LogP) is 2.28. The van der Waals surface area contributed by atoms with Gasteiger partial charge in [0.1, 0.15) is 0 Å². The highest BCUT2D eigenvalue weighted by atomic mass is 16.5. The van der Waals surface area contributed by atoms with Crippen LogP contribution in [0, 0.1) is 0 Å². The zero-order valence-electron chi connectivity index (χ0n) is 16.3. The van der Waals surface area contributed by atoms with Crippen LogP contribution in [0.4, 0.5) is 0 Å². The third kappa shape index (κ3) is 3.34. The van der Waals surface area contributed by atoms with E-state index in [9.17, 15) is 4.79 Å². The van der Waals surface area contributed by atoms with Crippen LogP contribution in [0.2, 0.25) is 0 Å². The highest BCUT2D eigenvalue weighted by molar-refractivity contribution is 5.94. The van der Waals surface area contributed by atoms with Gasteiger partial charge in [-0.1, -0.05) is 11.2 Å². The van der Waals surface area contributed by atoms with E-state index in [0.717, 1.165) is 11.1 Å². The fourth-order valence-electron chi connectivity index (χ4n) is 3.87. The van der Waals surface area contributed by atoms with Crippen molar-refractivity contribution in [1.29, 1.82) is 0 Å². The lowest BCUT2D eigenvalue weighted by Crippen LogP contribution is -2.28. The summed E-state index contributed by atoms with van der Waals surface area (Å²) >= 11 is 0. The molecule has 4 aromatic rings. The molecule has 0 bridgehead atoms. The van der Waals surface area contributed by atoms with E-state index in [1.165, 1.54) is 0 Å². The number of aromatic nitrogens is 6. The molecule has 5 heterocycles. The first kappa shape index (κ1) is 18.2. The summed E-state index contributed by atoms with van der Waals surface area (Å²) in [5.74, 6) is 0.836. The number of aryl methyl sites for hydroxylation is 1. The SMILES string of the molecule is Cn1cc(C(=O)N2C[C@@H](c3cccnc3)[C@H](c3nc(-c4ccncc4)no3)C2)cn1. The molecule has 0 saturated carbocycles. The molecular formula is C21H19N7O2. The van der Waals surface area contributed by atoms with E-state index in [2.05, 4.69) is 25.2 Å². The molecule has 0 spiro atoms. The van der Waals surface area contributed by atoms with Crippen LogP contribution in [0.3, 0.4) is 0 Å². The zero-order chi connectivity index (χ0) is 20.5. The van der Waals surface area contributed by atoms with Gasteiger partial charge < -0.3 is 9.42 Å². The van der Waals surface area contributed by atoms with Gasteiger partial charge in [0.05, 0.1) is 17.7 Å². The van der Waals surface area contributed by atoms with Crippen molar-refractivity contribution in [2.45, 2.75) is 11.8 Å². The summed E-state index contributed by atoms with van der Waals surface area (Å²) in [7, 11) is 1.79. The molecule has 1 fully saturated rings. The summed E-state index contributed by atoms with van der Waals surface area (Å²) in [6, 6.07) is 7.58. The average Bonchev–Trinajstić information content (AvgIpc) is 3.53. The second-order valence-electron chi connectivity index (χ2n) is 7.30. The van der Waals surface area contributed by atoms with Gasteiger partial charge in [0.15, 0.2) is 0 Å². The number of carbonyl (C=O) groups is 1. The van der Waals surface area contributed by atoms with Crippen molar-refractivity contribution in [3.63, 3.8) is 0 Å². The third-order valence-corrected chi connectivity index (χ3v) is 5.37. The van der Waals surface area contributed by atoms with E-state index in [0.29, 0.717) is 30.4 Å². The highest BCUT2D eigenvalue weighted by Gasteiger charge is 2.41. The van der Waals surface area contributed by atoms with Gasteiger partial charge in [-0.15, -0.1) is 0 Å². The first-order valence-electron chi connectivity index (χ1n) is 9.61. The van der Waals surface area contributed by atoms with E-state index >= 15 is 0 Å². The molecule has 0 radical (unpaired) electrons. The molecule has 150 valence electrons. The summed E-state index contributed by atoms with van der Waals surface area (Å²) in [4.78, 5) is 27.7. The maximum absolute atomic E-state index is 13.0. The molecule has 2 atom stereocenters. The van der Waals surface area contributed by atoms with Crippen LogP contribution in [-0.2, 0) is 7.05 Å². The van der Waals surface area contributed by atoms with Crippen LogP contribution in [-0.4, -0.2) is 53.8 Å². The molecular weight excluding hydrogens is 382 g/mol. The van der Waals surface area contributed by atoms with Gasteiger partial charge >= 0.3 is 0 Å². The van der Waals surface area contributed by atoms with Gasteiger partial charge in [-0.25, -0.2) is 0 Å². The van der Waals surface area contributed by atoms with Crippen molar-refractivity contribution >= 4 is 5.91 Å². The lowest BCUT2D eigenvalue weighted by Gasteiger charge is -2.15. The minimum Gasteiger partial charge on any atom is -0.339 e. The summed E-state index contributed by atoms with van der Waals surface area (Å²) in [5.41, 5.74) is 2.43. The molecule has 1 aliphatic rings. The van der Waals surface area contributed by atoms with Crippen molar-refractivity contribution in [3.05, 3.63) is 78.5 Å². The molecule has 0 aliphatic carbocycles. The van der Waals surface area contributed by atoms with E-state index < -0.39 is 0 Å². The highest BCUT2D eigenvalue weighted by Crippen LogP contribution is 2.39. The molecule has 0 aromatic carbocycles. The van der Waals surface area contributed by atoms with Crippen LogP contribution in [0.25, 0.3) is 11.4 Å². The second kappa shape index (κ2) is 7.51. The van der Waals surface area contributed by atoms with Gasteiger partial charge in [-0.3, -0.25) is 19.4 Å². The number of hydrogen-bond acceptors (Lipinski definition) is 7. The Balaban J connectivity index is 1.47. The Morgan fingerprint density at radius 2 is 1.90 bits per heavy atom. The first-order chi connectivity index (χ1) is 14.7. The number of hydrogen-bond donors (Lipinski definition) is 0. The molecule has 1 saturated heterocycles. The average molecular weight is 401 g/mol. The zero-order valence-corrected chi connectivity index (χ0v) is 16.3. The van der Waals surface area contributed by atoms with Gasteiger partial charge in [0.2, 0.25) is 11.7 Å². The number of carbonyl (C=O) groups excluding carboxylic acids is 1. The van der Waals surface area contributed by atoms with Crippen LogP contribution < -0.4 is 0 Å². The molecule has 30 heavy (non-hydrogen) atoms. The van der Waals surface area contributed by atoms with Crippen molar-refractivity contribution in [1.82, 2.24) is 34.8 Å². The van der Waals surface area contributed by atoms with E-state index in [1.807, 2.05) is 35.4 Å². The fourth-order valence-corrected chi connectivity index (χ4v) is 3.87. The quantitative estimate of drug-likeness (QED) is 0.517. The minimum absolute atomic E-state index is 0.00469. The summed E-state index contributed by atoms with van der Waals surface area (Å²) in [6.07, 6.45) is 10.3. The van der Waals surface area contributed by atoms with Gasteiger partial charge in [0, 0.05) is 62.6 Å². The van der Waals surface area contributed by atoms with Crippen LogP contribution in [0.15, 0.2) is 66.0 Å². The van der Waals surface area contributed by atoms with Gasteiger partial charge in [-0.05, 0) is 23.8 Å². The number of nitrogens with zero attached hydrogens (tertiary/aromatic N) is 7. The molecule has 1 amide bonds. The van der Waals surface area contributed by atoms with Crippen molar-refractivity contribution in [3.8, 4) is 11.4 Å². The summed E-state index contributed by atoms with van der Waals surface area (Å²) in [6.45, 7) is 1.02. The fraction of sp³-hybridized carbons (Fsp3) is 0.238. The number of likely N-dealkylation sites (tertiary alicyclic amines) is 1. The van der Waals surface area contributed by atoms with Gasteiger partial charge in [-0.2, -0.15) is 10.1 Å². The Bertz CT molecular complexity index is 1160. The van der Waals surface area contributed by atoms with E-state index in [4.69, 9.17) is 4.52 Å². The molecule has 5 rings (SSSR count). The molecule has 9 heteroatoms. The summed E-state index contributed by atoms with van der Waals surface area (Å²) < 4.78 is 7.26. The monoisotopic (exact) mass is 401 g/mol. The maximum atomic E-state index is 13.0. The maximum Gasteiger partial charge on any atom is 0.257 e. The topological polar surface area (TPSA) is 103 Å². The molecule has 4 aromatic heterocycles. The van der Waals surface area contributed by atoms with Crippen molar-refractivity contribution < 1.29 is 9.32 Å². The number of pyridine rings is 2.